The fraction of sp³-hybridized carbons (Fsp3) is 0.517. The van der Waals surface area contributed by atoms with E-state index < -0.39 is 199 Å². The molecule has 3 aromatic rings. The molecule has 91 heavy (non-hydrogen) atoms. The summed E-state index contributed by atoms with van der Waals surface area (Å²) in [4.78, 5) is 198. The third-order valence-corrected chi connectivity index (χ3v) is 17.8. The molecule has 33 heteroatoms. The van der Waals surface area contributed by atoms with Gasteiger partial charge in [-0.25, -0.2) is 0 Å². The Morgan fingerprint density at radius 3 is 2.19 bits per heavy atom. The number of likely N-dealkylation sites (tertiary alicyclic amines) is 1. The quantitative estimate of drug-likeness (QED) is 0.0344. The zero-order valence-electron chi connectivity index (χ0n) is 50.5. The van der Waals surface area contributed by atoms with E-state index in [0.29, 0.717) is 22.9 Å². The second-order valence-corrected chi connectivity index (χ2v) is 24.6. The van der Waals surface area contributed by atoms with Crippen molar-refractivity contribution in [2.75, 3.05) is 64.5 Å². The van der Waals surface area contributed by atoms with Crippen LogP contribution in [0.25, 0.3) is 10.9 Å². The van der Waals surface area contributed by atoms with E-state index in [1.54, 1.807) is 43.3 Å². The number of aliphatic hydroxyl groups excluding tert-OH is 2. The first-order valence-electron chi connectivity index (χ1n) is 29.6. The minimum absolute atomic E-state index is 0.00963. The van der Waals surface area contributed by atoms with Gasteiger partial charge in [0.15, 0.2) is 6.04 Å². The zero-order chi connectivity index (χ0) is 66.4. The number of nitrogens with one attached hydrogen (secondary N) is 10. The van der Waals surface area contributed by atoms with Crippen LogP contribution in [0.3, 0.4) is 0 Å². The molecule has 4 aliphatic rings. The molecule has 1 aromatic heterocycles. The smallest absolute Gasteiger partial charge is 0.248 e. The summed E-state index contributed by atoms with van der Waals surface area (Å²) in [5, 5.41) is 43.2. The van der Waals surface area contributed by atoms with Crippen LogP contribution in [0.1, 0.15) is 76.3 Å². The number of para-hydroxylation sites is 1. The molecular weight excluding hydrogens is 1230 g/mol. The summed E-state index contributed by atoms with van der Waals surface area (Å²) in [5.74, 6) is -11.9. The highest BCUT2D eigenvalue weighted by Gasteiger charge is 2.45. The molecule has 0 aliphatic carbocycles. The molecule has 14 amide bonds. The van der Waals surface area contributed by atoms with Gasteiger partial charge < -0.3 is 82.3 Å². The third-order valence-electron chi connectivity index (χ3n) is 15.9. The monoisotopic (exact) mass is 1300 g/mol. The van der Waals surface area contributed by atoms with E-state index in [0.717, 1.165) is 19.6 Å². The van der Waals surface area contributed by atoms with Crippen LogP contribution in [-0.4, -0.2) is 235 Å². The molecule has 2 aromatic carbocycles. The maximum absolute atomic E-state index is 15.0. The van der Waals surface area contributed by atoms with E-state index in [2.05, 4.69) is 65.5 Å². The Hall–Kier alpha value is -8.66. The Balaban J connectivity index is 1.13. The Bertz CT molecular complexity index is 3300. The predicted molar refractivity (Wildman–Crippen MR) is 326 cm³/mol. The van der Waals surface area contributed by atoms with Gasteiger partial charge in [0, 0.05) is 92.7 Å². The second-order valence-electron chi connectivity index (χ2n) is 22.5. The van der Waals surface area contributed by atoms with Gasteiger partial charge in [-0.3, -0.25) is 72.0 Å². The molecule has 2 saturated heterocycles. The number of rotatable bonds is 17. The lowest BCUT2D eigenvalue weighted by Gasteiger charge is -2.35. The lowest BCUT2D eigenvalue weighted by atomic mass is 10.0. The average molecular weight is 1310 g/mol. The number of aromatic amines is 1. The first-order chi connectivity index (χ1) is 43.3. The van der Waals surface area contributed by atoms with Gasteiger partial charge in [-0.1, -0.05) is 43.7 Å². The number of fused-ring (bicyclic) bond motifs is 5. The van der Waals surface area contributed by atoms with Crippen LogP contribution >= 0.6 is 12.6 Å². The maximum Gasteiger partial charge on any atom is 0.248 e. The van der Waals surface area contributed by atoms with Gasteiger partial charge in [0.2, 0.25) is 87.7 Å². The summed E-state index contributed by atoms with van der Waals surface area (Å²) in [5.41, 5.74) is 1.32. The van der Waals surface area contributed by atoms with Crippen LogP contribution in [0, 0.1) is 0 Å². The number of aromatic nitrogens is 1. The van der Waals surface area contributed by atoms with Gasteiger partial charge in [-0.2, -0.15) is 12.6 Å². The number of nitrogens with zero attached hydrogens (tertiary/aromatic N) is 4. The molecule has 0 spiro atoms. The van der Waals surface area contributed by atoms with Crippen molar-refractivity contribution in [1.29, 1.82) is 0 Å². The van der Waals surface area contributed by atoms with Crippen molar-refractivity contribution in [3.8, 4) is 0 Å². The normalized spacial score (nSPS) is 24.1. The maximum atomic E-state index is 15.0. The summed E-state index contributed by atoms with van der Waals surface area (Å²) in [6.07, 6.45) is -3.05. The minimum atomic E-state index is -2.35. The summed E-state index contributed by atoms with van der Waals surface area (Å²) in [7, 11) is 2.54. The van der Waals surface area contributed by atoms with Gasteiger partial charge in [0.05, 0.1) is 44.0 Å². The van der Waals surface area contributed by atoms with Crippen molar-refractivity contribution >= 4 is 123 Å². The molecular formula is C58H76N14O17S2. The Labute approximate surface area is 531 Å². The van der Waals surface area contributed by atoms with Crippen molar-refractivity contribution < 1.29 is 81.9 Å². The minimum Gasteiger partial charge on any atom is -0.610 e. The van der Waals surface area contributed by atoms with E-state index in [9.17, 15) is 77.1 Å². The molecule has 10 atom stereocenters. The number of anilines is 1. The van der Waals surface area contributed by atoms with Crippen LogP contribution < -0.4 is 47.9 Å². The second kappa shape index (κ2) is 31.9. The van der Waals surface area contributed by atoms with Crippen LogP contribution in [0.15, 0.2) is 53.6 Å². The zero-order valence-corrected chi connectivity index (χ0v) is 52.2. The topological polar surface area (TPSA) is 440 Å². The largest absolute Gasteiger partial charge is 0.610 e. The molecule has 31 nitrogen and oxygen atoms in total. The number of thiol groups is 1. The first kappa shape index (κ1) is 69.8. The van der Waals surface area contributed by atoms with Gasteiger partial charge in [0.25, 0.3) is 0 Å². The Morgan fingerprint density at radius 2 is 1.49 bits per heavy atom. The summed E-state index contributed by atoms with van der Waals surface area (Å²) < 4.78 is 15.0. The van der Waals surface area contributed by atoms with Crippen molar-refractivity contribution in [1.82, 2.24) is 67.1 Å². The number of hydrogen-bond acceptors (Lipinski definition) is 18. The van der Waals surface area contributed by atoms with Crippen LogP contribution in [-0.2, 0) is 91.3 Å². The average Bonchev–Trinajstić information content (AvgIpc) is 1.88. The van der Waals surface area contributed by atoms with Crippen LogP contribution in [0.4, 0.5) is 5.69 Å². The number of amides is 14. The number of hydrogen-bond donors (Lipinski definition) is 13. The molecule has 4 aliphatic heterocycles. The predicted octanol–water partition coefficient (Wildman–Crippen LogP) is -4.57. The highest BCUT2D eigenvalue weighted by atomic mass is 32.2. The molecule has 0 saturated carbocycles. The summed E-state index contributed by atoms with van der Waals surface area (Å²) in [6, 6.07) is 2.13. The van der Waals surface area contributed by atoms with E-state index in [4.69, 9.17) is 0 Å². The number of likely N-dealkylation sites (N-methyl/N-ethyl adjacent to an activating group) is 2. The summed E-state index contributed by atoms with van der Waals surface area (Å²) in [6.45, 7) is -0.135. The molecule has 12 N–H and O–H groups in total. The Morgan fingerprint density at radius 1 is 0.780 bits per heavy atom. The fourth-order valence-electron chi connectivity index (χ4n) is 10.8. The fourth-order valence-corrected chi connectivity index (χ4v) is 12.5. The van der Waals surface area contributed by atoms with E-state index in [-0.39, 0.29) is 68.0 Å². The third kappa shape index (κ3) is 18.1. The van der Waals surface area contributed by atoms with Crippen molar-refractivity contribution in [3.63, 3.8) is 0 Å². The highest BCUT2D eigenvalue weighted by Crippen LogP contribution is 2.30. The SMILES string of the molecule is CCCC1C(=O)NCC(=O)N[C@H]2C[S+]([O-])c3[nH]c4ccccc4c3C[C@H](NC(=O)C(C[C@@H](O)CO)N(C)C(=O)[C@@H]3CCCN3C(=O)[C@H](CC(=O)NCc3ccc(NC(=O)[C@H](C)NC(=O)CNC(=O)CCN4C(=O)CC(S)C4=O)cc3)NC2=O)C(=O)NCC(=O)N1C. The standard InChI is InChI=1S/C58H76N14O17S2/c1-5-9-40-53(84)61-26-47(78)65-39-29-91(89)55-35(34-10-6-7-11-36(34)68-55)21-37(51(82)62-27-49(80)69(40)3)66-54(85)42(20-33(74)28-73)70(4)57(87)41-12-8-18-71(41)56(86)38(67-52(39)83)22-45(76)59-24-31-13-15-32(16-14-31)64-50(81)30(2)63-46(77)25-60-44(75)17-19-72-48(79)23-43(90)58(72)88/h6-7,10-11,13-16,30,33,37-43,68,73-74,90H,5,8-9,12,17-29H2,1-4H3,(H,59,76)(H,60,75)(H,61,84)(H,62,82)(H,63,77)(H,64,81)(H,65,78)(H,66,85)(H,67,83)/t30-,33+,37-,38-,39-,40?,41-,42?,43?,91?/m0/s1. The van der Waals surface area contributed by atoms with E-state index in [1.165, 1.54) is 33.2 Å². The van der Waals surface area contributed by atoms with Crippen molar-refractivity contribution in [2.45, 2.75) is 137 Å². The van der Waals surface area contributed by atoms with Crippen LogP contribution in [0.2, 0.25) is 0 Å². The molecule has 492 valence electrons. The van der Waals surface area contributed by atoms with Crippen LogP contribution in [0.5, 0.6) is 0 Å². The number of benzene rings is 2. The molecule has 7 rings (SSSR count). The number of carbonyl (C=O) groups excluding carboxylic acids is 14. The lowest BCUT2D eigenvalue weighted by molar-refractivity contribution is -0.149. The van der Waals surface area contributed by atoms with Gasteiger partial charge in [-0.05, 0) is 49.9 Å². The summed E-state index contributed by atoms with van der Waals surface area (Å²) >= 11 is 1.70. The van der Waals surface area contributed by atoms with E-state index >= 15 is 4.79 Å². The highest BCUT2D eigenvalue weighted by molar-refractivity contribution is 7.91. The molecule has 4 unspecified atom stereocenters. The van der Waals surface area contributed by atoms with Gasteiger partial charge >= 0.3 is 0 Å². The number of H-pyrrole nitrogens is 1. The number of imide groups is 1. The molecule has 5 heterocycles. The number of carbonyl (C=O) groups is 14. The van der Waals surface area contributed by atoms with E-state index in [1.807, 2.05) is 0 Å². The first-order valence-corrected chi connectivity index (χ1v) is 31.4. The van der Waals surface area contributed by atoms with Gasteiger partial charge in [0.1, 0.15) is 42.0 Å². The van der Waals surface area contributed by atoms with Gasteiger partial charge in [-0.15, -0.1) is 0 Å². The number of aliphatic hydroxyl groups is 2. The molecule has 0 radical (unpaired) electrons. The molecule has 2 fully saturated rings. The van der Waals surface area contributed by atoms with Crippen molar-refractivity contribution in [2.24, 2.45) is 0 Å². The molecule has 2 bridgehead atoms. The lowest BCUT2D eigenvalue weighted by Crippen LogP contribution is -2.61. The van der Waals surface area contributed by atoms with Crippen molar-refractivity contribution in [3.05, 3.63) is 59.7 Å². The Kier molecular flexibility index (Phi) is 24.5.